The zero-order valence-electron chi connectivity index (χ0n) is 8.23. The third-order valence-corrected chi connectivity index (χ3v) is 2.11. The first-order valence-electron chi connectivity index (χ1n) is 4.73. The molecule has 1 radical (unpaired) electrons. The van der Waals surface area contributed by atoms with Crippen molar-refractivity contribution in [3.05, 3.63) is 43.5 Å². The van der Waals surface area contributed by atoms with Crippen LogP contribution in [-0.2, 0) is 4.79 Å². The minimum absolute atomic E-state index is 0.0850. The zero-order chi connectivity index (χ0) is 10.7. The van der Waals surface area contributed by atoms with Crippen LogP contribution in [0.5, 0.6) is 0 Å². The zero-order valence-corrected chi connectivity index (χ0v) is 8.23. The number of nitrogens with one attached hydrogen (secondary N) is 1. The predicted molar refractivity (Wildman–Crippen MR) is 60.3 cm³/mol. The minimum atomic E-state index is -0.0850. The molecule has 1 aromatic heterocycles. The topological polar surface area (TPSA) is 42.0 Å². The van der Waals surface area contributed by atoms with Gasteiger partial charge in [-0.2, -0.15) is 0 Å². The molecule has 3 heteroatoms. The summed E-state index contributed by atoms with van der Waals surface area (Å²) in [6.07, 6.45) is 1.99. The molecule has 1 N–H and O–H groups in total. The Morgan fingerprint density at radius 3 is 3.07 bits per heavy atom. The Kier molecular flexibility index (Phi) is 2.63. The Labute approximate surface area is 88.1 Å². The molecule has 3 nitrogen and oxygen atoms in total. The molecule has 0 aliphatic rings. The monoisotopic (exact) mass is 199 g/mol. The van der Waals surface area contributed by atoms with Crippen molar-refractivity contribution in [3.63, 3.8) is 0 Å². The largest absolute Gasteiger partial charge is 0.326 e. The second-order valence-electron chi connectivity index (χ2n) is 3.21. The van der Waals surface area contributed by atoms with Crippen LogP contribution in [0.1, 0.15) is 6.42 Å². The molecule has 1 amide bonds. The van der Waals surface area contributed by atoms with Crippen LogP contribution in [0.25, 0.3) is 10.9 Å². The van der Waals surface area contributed by atoms with Crippen molar-refractivity contribution < 1.29 is 4.79 Å². The number of benzene rings is 1. The van der Waals surface area contributed by atoms with Crippen molar-refractivity contribution in [1.82, 2.24) is 4.98 Å². The first-order chi connectivity index (χ1) is 7.29. The molecule has 0 saturated carbocycles. The molecule has 0 fully saturated rings. The first-order valence-corrected chi connectivity index (χ1v) is 4.73. The molecule has 2 aromatic rings. The molecule has 0 atom stereocenters. The van der Waals surface area contributed by atoms with E-state index in [1.165, 1.54) is 0 Å². The average Bonchev–Trinajstić information content (AvgIpc) is 2.29. The van der Waals surface area contributed by atoms with Gasteiger partial charge in [0.1, 0.15) is 0 Å². The highest BCUT2D eigenvalue weighted by Crippen LogP contribution is 2.16. The lowest BCUT2D eigenvalue weighted by molar-refractivity contribution is -0.115. The highest BCUT2D eigenvalue weighted by atomic mass is 16.1. The van der Waals surface area contributed by atoms with Crippen molar-refractivity contribution >= 4 is 22.5 Å². The first kappa shape index (κ1) is 9.65. The number of hydrogen-bond donors (Lipinski definition) is 1. The third-order valence-electron chi connectivity index (χ3n) is 2.11. The van der Waals surface area contributed by atoms with Gasteiger partial charge in [-0.1, -0.05) is 6.07 Å². The second-order valence-corrected chi connectivity index (χ2v) is 3.21. The number of carbonyl (C=O) groups is 1. The molecule has 1 aromatic carbocycles. The number of carbonyl (C=O) groups excluding carboxylic acids is 1. The Bertz CT molecular complexity index is 494. The third kappa shape index (κ3) is 2.13. The lowest BCUT2D eigenvalue weighted by Gasteiger charge is -2.04. The van der Waals surface area contributed by atoms with Gasteiger partial charge in [0.25, 0.3) is 0 Å². The van der Waals surface area contributed by atoms with Crippen molar-refractivity contribution in [2.45, 2.75) is 6.42 Å². The molecular formula is C12H11N2O. The van der Waals surface area contributed by atoms with Gasteiger partial charge in [0.05, 0.1) is 5.52 Å². The number of pyridine rings is 1. The van der Waals surface area contributed by atoms with Gasteiger partial charge in [0.15, 0.2) is 0 Å². The van der Waals surface area contributed by atoms with Gasteiger partial charge in [0, 0.05) is 23.7 Å². The van der Waals surface area contributed by atoms with E-state index in [2.05, 4.69) is 17.2 Å². The van der Waals surface area contributed by atoms with Crippen molar-refractivity contribution in [2.24, 2.45) is 0 Å². The highest BCUT2D eigenvalue weighted by Gasteiger charge is 2.00. The summed E-state index contributed by atoms with van der Waals surface area (Å²) in [5, 5.41) is 3.77. The molecular weight excluding hydrogens is 188 g/mol. The molecule has 0 aliphatic heterocycles. The molecule has 2 rings (SSSR count). The summed E-state index contributed by atoms with van der Waals surface area (Å²) in [6.45, 7) is 3.52. The lowest BCUT2D eigenvalue weighted by Crippen LogP contribution is -2.09. The summed E-state index contributed by atoms with van der Waals surface area (Å²) in [5.41, 5.74) is 1.70. The van der Waals surface area contributed by atoms with E-state index in [1.807, 2.05) is 30.3 Å². The van der Waals surface area contributed by atoms with Crippen LogP contribution in [0.4, 0.5) is 5.69 Å². The molecule has 75 valence electrons. The number of aromatic nitrogens is 1. The average molecular weight is 199 g/mol. The van der Waals surface area contributed by atoms with Crippen LogP contribution >= 0.6 is 0 Å². The number of anilines is 1. The van der Waals surface area contributed by atoms with Gasteiger partial charge in [-0.05, 0) is 31.2 Å². The summed E-state index contributed by atoms with van der Waals surface area (Å²) in [4.78, 5) is 15.3. The van der Waals surface area contributed by atoms with Gasteiger partial charge in [0.2, 0.25) is 5.91 Å². The Morgan fingerprint density at radius 2 is 2.27 bits per heavy atom. The highest BCUT2D eigenvalue weighted by molar-refractivity contribution is 5.93. The van der Waals surface area contributed by atoms with Gasteiger partial charge in [-0.25, -0.2) is 0 Å². The Balaban J connectivity index is 2.34. The van der Waals surface area contributed by atoms with E-state index in [9.17, 15) is 4.79 Å². The summed E-state index contributed by atoms with van der Waals surface area (Å²) in [6, 6.07) is 9.45. The quantitative estimate of drug-likeness (QED) is 0.806. The van der Waals surface area contributed by atoms with Crippen LogP contribution in [-0.4, -0.2) is 10.9 Å². The lowest BCUT2D eigenvalue weighted by atomic mass is 10.2. The fourth-order valence-electron chi connectivity index (χ4n) is 1.38. The normalized spacial score (nSPS) is 10.2. The number of fused-ring (bicyclic) bond motifs is 1. The van der Waals surface area contributed by atoms with Crippen LogP contribution in [0.2, 0.25) is 0 Å². The van der Waals surface area contributed by atoms with Crippen LogP contribution in [0.15, 0.2) is 36.5 Å². The van der Waals surface area contributed by atoms with Crippen LogP contribution in [0, 0.1) is 6.92 Å². The summed E-state index contributed by atoms with van der Waals surface area (Å²) < 4.78 is 0. The number of amides is 1. The molecule has 0 unspecified atom stereocenters. The number of nitrogens with zero attached hydrogens (tertiary/aromatic N) is 1. The maximum atomic E-state index is 11.1. The van der Waals surface area contributed by atoms with E-state index in [0.717, 1.165) is 16.6 Å². The standard InChI is InChI=1S/C12H11N2O/c1-2-12(15)14-10-5-6-11-9(8-10)4-3-7-13-11/h3-8H,1-2H2,(H,14,15). The van der Waals surface area contributed by atoms with Crippen LogP contribution in [0.3, 0.4) is 0 Å². The van der Waals surface area contributed by atoms with E-state index < -0.39 is 0 Å². The summed E-state index contributed by atoms with van der Waals surface area (Å²) in [7, 11) is 0. The van der Waals surface area contributed by atoms with E-state index in [4.69, 9.17) is 0 Å². The number of hydrogen-bond acceptors (Lipinski definition) is 2. The van der Waals surface area contributed by atoms with Gasteiger partial charge >= 0.3 is 0 Å². The smallest absolute Gasteiger partial charge is 0.224 e. The van der Waals surface area contributed by atoms with E-state index >= 15 is 0 Å². The van der Waals surface area contributed by atoms with Crippen LogP contribution < -0.4 is 5.32 Å². The van der Waals surface area contributed by atoms with E-state index in [-0.39, 0.29) is 12.3 Å². The molecule has 0 aliphatic carbocycles. The minimum Gasteiger partial charge on any atom is -0.326 e. The van der Waals surface area contributed by atoms with Crippen molar-refractivity contribution in [3.8, 4) is 0 Å². The molecule has 0 spiro atoms. The number of rotatable bonds is 2. The SMILES string of the molecule is [CH2]CC(=O)Nc1ccc2ncccc2c1. The Morgan fingerprint density at radius 1 is 1.40 bits per heavy atom. The predicted octanol–water partition coefficient (Wildman–Crippen LogP) is 2.40. The maximum Gasteiger partial charge on any atom is 0.224 e. The Hall–Kier alpha value is -1.90. The van der Waals surface area contributed by atoms with Gasteiger partial charge in [-0.15, -0.1) is 0 Å². The van der Waals surface area contributed by atoms with E-state index in [0.29, 0.717) is 0 Å². The fraction of sp³-hybridized carbons (Fsp3) is 0.0833. The maximum absolute atomic E-state index is 11.1. The molecule has 0 saturated heterocycles. The van der Waals surface area contributed by atoms with Crippen molar-refractivity contribution in [1.29, 1.82) is 0 Å². The molecule has 15 heavy (non-hydrogen) atoms. The van der Waals surface area contributed by atoms with Crippen molar-refractivity contribution in [2.75, 3.05) is 5.32 Å². The van der Waals surface area contributed by atoms with E-state index in [1.54, 1.807) is 6.20 Å². The summed E-state index contributed by atoms with van der Waals surface area (Å²) in [5.74, 6) is -0.0850. The van der Waals surface area contributed by atoms with Gasteiger partial charge < -0.3 is 5.32 Å². The molecule has 1 heterocycles. The summed E-state index contributed by atoms with van der Waals surface area (Å²) >= 11 is 0. The van der Waals surface area contributed by atoms with Gasteiger partial charge in [-0.3, -0.25) is 9.78 Å². The fourth-order valence-corrected chi connectivity index (χ4v) is 1.38. The molecule has 0 bridgehead atoms. The second kappa shape index (κ2) is 4.09.